The fourth-order valence-corrected chi connectivity index (χ4v) is 2.89. The Morgan fingerprint density at radius 1 is 1.17 bits per heavy atom. The van der Waals surface area contributed by atoms with E-state index in [1.54, 1.807) is 12.0 Å². The van der Waals surface area contributed by atoms with Gasteiger partial charge in [-0.3, -0.25) is 9.69 Å². The zero-order valence-electron chi connectivity index (χ0n) is 14.8. The number of hydrogen-bond acceptors (Lipinski definition) is 4. The lowest BCUT2D eigenvalue weighted by molar-refractivity contribution is -0.127. The molecule has 0 N–H and O–H groups in total. The minimum absolute atomic E-state index is 0.133. The van der Waals surface area contributed by atoms with Crippen LogP contribution in [-0.2, 0) is 9.53 Å². The van der Waals surface area contributed by atoms with Gasteiger partial charge in [-0.2, -0.15) is 0 Å². The Bertz CT molecular complexity index is 571. The van der Waals surface area contributed by atoms with Gasteiger partial charge in [0, 0.05) is 13.7 Å². The third-order valence-electron chi connectivity index (χ3n) is 3.87. The van der Waals surface area contributed by atoms with Crippen LogP contribution in [0, 0.1) is 5.92 Å². The molecular weight excluding hydrogens is 308 g/mol. The number of methoxy groups -OCH3 is 1. The average Bonchev–Trinajstić information content (AvgIpc) is 2.80. The third-order valence-corrected chi connectivity index (χ3v) is 3.87. The molecule has 1 aliphatic rings. The van der Waals surface area contributed by atoms with Crippen LogP contribution in [0.15, 0.2) is 24.3 Å². The topological polar surface area (TPSA) is 59.1 Å². The maximum Gasteiger partial charge on any atom is 0.327 e. The van der Waals surface area contributed by atoms with Gasteiger partial charge in [-0.15, -0.1) is 0 Å². The number of benzene rings is 1. The van der Waals surface area contributed by atoms with Gasteiger partial charge in [-0.25, -0.2) is 4.79 Å². The first-order chi connectivity index (χ1) is 11.5. The molecule has 1 aliphatic heterocycles. The second kappa shape index (κ2) is 8.15. The lowest BCUT2D eigenvalue weighted by atomic mass is 10.1. The second-order valence-electron chi connectivity index (χ2n) is 6.29. The molecule has 1 unspecified atom stereocenters. The highest BCUT2D eigenvalue weighted by atomic mass is 16.5. The van der Waals surface area contributed by atoms with Crippen molar-refractivity contribution in [3.05, 3.63) is 29.8 Å². The number of urea groups is 1. The molecule has 1 saturated heterocycles. The van der Waals surface area contributed by atoms with Crippen molar-refractivity contribution in [2.24, 2.45) is 5.92 Å². The van der Waals surface area contributed by atoms with Gasteiger partial charge in [0.05, 0.1) is 19.3 Å². The molecule has 0 bridgehead atoms. The van der Waals surface area contributed by atoms with Gasteiger partial charge < -0.3 is 14.4 Å². The summed E-state index contributed by atoms with van der Waals surface area (Å²) >= 11 is 0. The Hall–Kier alpha value is -2.08. The summed E-state index contributed by atoms with van der Waals surface area (Å²) in [7, 11) is 1.57. The Labute approximate surface area is 143 Å². The largest absolute Gasteiger partial charge is 0.494 e. The summed E-state index contributed by atoms with van der Waals surface area (Å²) in [4.78, 5) is 28.0. The van der Waals surface area contributed by atoms with Crippen molar-refractivity contribution < 1.29 is 19.1 Å². The summed E-state index contributed by atoms with van der Waals surface area (Å²) in [5, 5.41) is 0. The van der Waals surface area contributed by atoms with E-state index in [0.29, 0.717) is 19.1 Å². The van der Waals surface area contributed by atoms with Crippen LogP contribution in [0.1, 0.15) is 32.4 Å². The van der Waals surface area contributed by atoms with Gasteiger partial charge in [-0.05, 0) is 30.5 Å². The van der Waals surface area contributed by atoms with E-state index >= 15 is 0 Å². The average molecular weight is 334 g/mol. The minimum atomic E-state index is -0.428. The van der Waals surface area contributed by atoms with Gasteiger partial charge >= 0.3 is 6.03 Å². The van der Waals surface area contributed by atoms with Gasteiger partial charge in [0.1, 0.15) is 12.3 Å². The highest BCUT2D eigenvalue weighted by molar-refractivity contribution is 6.02. The number of amides is 3. The maximum atomic E-state index is 12.7. The molecule has 1 fully saturated rings. The molecule has 1 aromatic carbocycles. The lowest BCUT2D eigenvalue weighted by Gasteiger charge is -2.26. The molecule has 2 rings (SSSR count). The number of carbonyl (C=O) groups excluding carboxylic acids is 2. The van der Waals surface area contributed by atoms with Gasteiger partial charge in [-0.1, -0.05) is 26.0 Å². The highest BCUT2D eigenvalue weighted by Gasteiger charge is 2.41. The second-order valence-corrected chi connectivity index (χ2v) is 6.29. The third kappa shape index (κ3) is 4.06. The quantitative estimate of drug-likeness (QED) is 0.686. The van der Waals surface area contributed by atoms with Crippen LogP contribution in [-0.4, -0.2) is 55.2 Å². The van der Waals surface area contributed by atoms with Gasteiger partial charge in [0.15, 0.2) is 0 Å². The molecule has 0 aliphatic carbocycles. The van der Waals surface area contributed by atoms with Crippen molar-refractivity contribution in [3.8, 4) is 5.75 Å². The van der Waals surface area contributed by atoms with E-state index in [-0.39, 0.29) is 25.1 Å². The van der Waals surface area contributed by atoms with Crippen molar-refractivity contribution in [2.75, 3.05) is 33.4 Å². The van der Waals surface area contributed by atoms with Crippen LogP contribution in [0.4, 0.5) is 4.79 Å². The summed E-state index contributed by atoms with van der Waals surface area (Å²) in [6.07, 6.45) is 0. The summed E-state index contributed by atoms with van der Waals surface area (Å²) < 4.78 is 10.7. The molecule has 3 amide bonds. The van der Waals surface area contributed by atoms with Gasteiger partial charge in [0.2, 0.25) is 0 Å². The van der Waals surface area contributed by atoms with Crippen molar-refractivity contribution in [3.63, 3.8) is 0 Å². The van der Waals surface area contributed by atoms with Crippen molar-refractivity contribution in [1.29, 1.82) is 0 Å². The fraction of sp³-hybridized carbons (Fsp3) is 0.556. The van der Waals surface area contributed by atoms with E-state index in [9.17, 15) is 9.59 Å². The number of imide groups is 1. The highest BCUT2D eigenvalue weighted by Crippen LogP contribution is 2.28. The standard InChI is InChI=1S/C18H26N2O4/c1-5-24-15-8-6-14(7-9-15)16(12-23-4)20-17(21)11-19(18(20)22)10-13(2)3/h6-9,13,16H,5,10-12H2,1-4H3. The molecule has 132 valence electrons. The number of rotatable bonds is 8. The molecule has 0 spiro atoms. The Balaban J connectivity index is 2.23. The molecule has 1 atom stereocenters. The molecule has 1 aromatic rings. The van der Waals surface area contributed by atoms with Gasteiger partial charge in [0.25, 0.3) is 5.91 Å². The van der Waals surface area contributed by atoms with Crippen LogP contribution in [0.25, 0.3) is 0 Å². The monoisotopic (exact) mass is 334 g/mol. The first-order valence-corrected chi connectivity index (χ1v) is 8.30. The lowest BCUT2D eigenvalue weighted by Crippen LogP contribution is -2.39. The summed E-state index contributed by atoms with van der Waals surface area (Å²) in [6.45, 7) is 7.54. The normalized spacial score (nSPS) is 16.2. The molecule has 0 aromatic heterocycles. The number of nitrogens with zero attached hydrogens (tertiary/aromatic N) is 2. The van der Waals surface area contributed by atoms with Crippen LogP contribution in [0.3, 0.4) is 0 Å². The van der Waals surface area contributed by atoms with E-state index in [1.165, 1.54) is 4.90 Å². The van der Waals surface area contributed by atoms with Crippen LogP contribution in [0.2, 0.25) is 0 Å². The minimum Gasteiger partial charge on any atom is -0.494 e. The summed E-state index contributed by atoms with van der Waals surface area (Å²) in [5.74, 6) is 0.891. The first kappa shape index (κ1) is 18.3. The Morgan fingerprint density at radius 2 is 1.83 bits per heavy atom. The predicted octanol–water partition coefficient (Wildman–Crippen LogP) is 2.69. The number of carbonyl (C=O) groups is 2. The smallest absolute Gasteiger partial charge is 0.327 e. The number of ether oxygens (including phenoxy) is 2. The van der Waals surface area contributed by atoms with Crippen LogP contribution < -0.4 is 4.74 Å². The molecule has 0 radical (unpaired) electrons. The zero-order chi connectivity index (χ0) is 17.7. The van der Waals surface area contributed by atoms with E-state index in [0.717, 1.165) is 11.3 Å². The fourth-order valence-electron chi connectivity index (χ4n) is 2.89. The molecule has 1 heterocycles. The maximum absolute atomic E-state index is 12.7. The first-order valence-electron chi connectivity index (χ1n) is 8.30. The predicted molar refractivity (Wildman–Crippen MR) is 90.9 cm³/mol. The van der Waals surface area contributed by atoms with E-state index in [4.69, 9.17) is 9.47 Å². The van der Waals surface area contributed by atoms with Crippen LogP contribution >= 0.6 is 0 Å². The van der Waals surface area contributed by atoms with E-state index in [1.807, 2.05) is 45.0 Å². The zero-order valence-corrected chi connectivity index (χ0v) is 14.8. The SMILES string of the molecule is CCOc1ccc(C(COC)N2C(=O)CN(CC(C)C)C2=O)cc1. The molecular formula is C18H26N2O4. The Morgan fingerprint density at radius 3 is 2.38 bits per heavy atom. The van der Waals surface area contributed by atoms with Crippen LogP contribution in [0.5, 0.6) is 5.75 Å². The van der Waals surface area contributed by atoms with E-state index < -0.39 is 6.04 Å². The molecule has 0 saturated carbocycles. The molecule has 6 heteroatoms. The van der Waals surface area contributed by atoms with Crippen molar-refractivity contribution >= 4 is 11.9 Å². The van der Waals surface area contributed by atoms with E-state index in [2.05, 4.69) is 0 Å². The molecule has 24 heavy (non-hydrogen) atoms. The summed E-state index contributed by atoms with van der Waals surface area (Å²) in [5.41, 5.74) is 0.855. The Kier molecular flexibility index (Phi) is 6.20. The molecule has 6 nitrogen and oxygen atoms in total. The summed E-state index contributed by atoms with van der Waals surface area (Å²) in [6, 6.07) is 6.77. The number of hydrogen-bond donors (Lipinski definition) is 0. The van der Waals surface area contributed by atoms with Crippen molar-refractivity contribution in [2.45, 2.75) is 26.8 Å². The van der Waals surface area contributed by atoms with Crippen molar-refractivity contribution in [1.82, 2.24) is 9.80 Å².